The molecule has 2 heteroatoms. The number of ether oxygens (including phenoxy) is 1. The summed E-state index contributed by atoms with van der Waals surface area (Å²) in [5.74, 6) is 0. The molecule has 1 rings (SSSR count). The Kier molecular flexibility index (Phi) is 3.93. The molecular formula is C11H17NO. The smallest absolute Gasteiger partial charge is 0.0659 e. The lowest BCUT2D eigenvalue weighted by molar-refractivity contribution is 0.133. The van der Waals surface area contributed by atoms with E-state index in [4.69, 9.17) is 10.5 Å². The second-order valence-corrected chi connectivity index (χ2v) is 3.18. The molecular weight excluding hydrogens is 162 g/mol. The maximum Gasteiger partial charge on any atom is 0.0659 e. The maximum atomic E-state index is 5.92. The Morgan fingerprint density at radius 1 is 1.46 bits per heavy atom. The number of hydrogen-bond acceptors (Lipinski definition) is 2. The van der Waals surface area contributed by atoms with E-state index in [0.29, 0.717) is 6.61 Å². The summed E-state index contributed by atoms with van der Waals surface area (Å²) >= 11 is 0. The first-order valence-electron chi connectivity index (χ1n) is 4.64. The van der Waals surface area contributed by atoms with Crippen LogP contribution in [0.4, 0.5) is 0 Å². The van der Waals surface area contributed by atoms with Crippen molar-refractivity contribution in [2.45, 2.75) is 19.9 Å². The molecule has 0 bridgehead atoms. The zero-order chi connectivity index (χ0) is 9.68. The van der Waals surface area contributed by atoms with Gasteiger partial charge in [-0.3, -0.25) is 0 Å². The van der Waals surface area contributed by atoms with Gasteiger partial charge in [0.1, 0.15) is 0 Å². The third-order valence-corrected chi connectivity index (χ3v) is 1.97. The summed E-state index contributed by atoms with van der Waals surface area (Å²) in [5.41, 5.74) is 8.31. The van der Waals surface area contributed by atoms with Crippen LogP contribution in [0.2, 0.25) is 0 Å². The molecule has 0 aromatic heterocycles. The van der Waals surface area contributed by atoms with Gasteiger partial charge in [-0.1, -0.05) is 29.8 Å². The molecule has 1 atom stereocenters. The minimum absolute atomic E-state index is 0.000139. The van der Waals surface area contributed by atoms with Crippen LogP contribution in [0.3, 0.4) is 0 Å². The highest BCUT2D eigenvalue weighted by molar-refractivity contribution is 5.24. The van der Waals surface area contributed by atoms with Crippen molar-refractivity contribution in [2.75, 3.05) is 13.2 Å². The van der Waals surface area contributed by atoms with Gasteiger partial charge < -0.3 is 10.5 Å². The summed E-state index contributed by atoms with van der Waals surface area (Å²) in [7, 11) is 0. The largest absolute Gasteiger partial charge is 0.380 e. The Balaban J connectivity index is 2.60. The molecule has 72 valence electrons. The van der Waals surface area contributed by atoms with Crippen molar-refractivity contribution in [1.82, 2.24) is 0 Å². The van der Waals surface area contributed by atoms with Crippen LogP contribution < -0.4 is 5.73 Å². The molecule has 0 spiro atoms. The van der Waals surface area contributed by atoms with Crippen LogP contribution in [0.15, 0.2) is 24.3 Å². The quantitative estimate of drug-likeness (QED) is 0.767. The molecule has 0 fully saturated rings. The fourth-order valence-electron chi connectivity index (χ4n) is 1.24. The first kappa shape index (κ1) is 10.2. The molecule has 0 aliphatic rings. The van der Waals surface area contributed by atoms with Crippen molar-refractivity contribution in [3.63, 3.8) is 0 Å². The summed E-state index contributed by atoms with van der Waals surface area (Å²) in [6.07, 6.45) is 0. The molecule has 1 aromatic carbocycles. The van der Waals surface area contributed by atoms with E-state index in [2.05, 4.69) is 19.1 Å². The molecule has 0 aliphatic carbocycles. The van der Waals surface area contributed by atoms with Crippen LogP contribution in [-0.2, 0) is 4.74 Å². The van der Waals surface area contributed by atoms with Crippen LogP contribution in [0.1, 0.15) is 24.1 Å². The van der Waals surface area contributed by atoms with E-state index in [0.717, 1.165) is 12.2 Å². The van der Waals surface area contributed by atoms with Gasteiger partial charge >= 0.3 is 0 Å². The van der Waals surface area contributed by atoms with Gasteiger partial charge in [0.25, 0.3) is 0 Å². The average Bonchev–Trinajstić information content (AvgIpc) is 2.14. The molecule has 0 aliphatic heterocycles. The highest BCUT2D eigenvalue weighted by Gasteiger charge is 2.04. The van der Waals surface area contributed by atoms with Crippen molar-refractivity contribution in [2.24, 2.45) is 5.73 Å². The Hall–Kier alpha value is -0.860. The highest BCUT2D eigenvalue weighted by atomic mass is 16.5. The minimum atomic E-state index is -0.000139. The zero-order valence-corrected chi connectivity index (χ0v) is 8.29. The zero-order valence-electron chi connectivity index (χ0n) is 8.29. The summed E-state index contributed by atoms with van der Waals surface area (Å²) in [6, 6.07) is 8.23. The number of nitrogens with two attached hydrogens (primary N) is 1. The number of benzene rings is 1. The minimum Gasteiger partial charge on any atom is -0.380 e. The van der Waals surface area contributed by atoms with E-state index in [1.165, 1.54) is 5.56 Å². The molecule has 0 heterocycles. The van der Waals surface area contributed by atoms with Gasteiger partial charge in [-0.15, -0.1) is 0 Å². The molecule has 0 amide bonds. The van der Waals surface area contributed by atoms with Gasteiger partial charge in [0, 0.05) is 6.61 Å². The van der Waals surface area contributed by atoms with Gasteiger partial charge in [0.2, 0.25) is 0 Å². The third kappa shape index (κ3) is 3.17. The number of hydrogen-bond donors (Lipinski definition) is 1. The molecule has 0 radical (unpaired) electrons. The van der Waals surface area contributed by atoms with Crippen LogP contribution in [0.5, 0.6) is 0 Å². The van der Waals surface area contributed by atoms with E-state index < -0.39 is 0 Å². The van der Waals surface area contributed by atoms with E-state index in [1.807, 2.05) is 19.1 Å². The van der Waals surface area contributed by atoms with Crippen molar-refractivity contribution >= 4 is 0 Å². The average molecular weight is 179 g/mol. The summed E-state index contributed by atoms with van der Waals surface area (Å²) in [5, 5.41) is 0. The Bertz CT molecular complexity index is 260. The third-order valence-electron chi connectivity index (χ3n) is 1.97. The summed E-state index contributed by atoms with van der Waals surface area (Å²) in [4.78, 5) is 0. The van der Waals surface area contributed by atoms with Gasteiger partial charge in [-0.2, -0.15) is 0 Å². The Morgan fingerprint density at radius 2 is 2.23 bits per heavy atom. The first-order valence-corrected chi connectivity index (χ1v) is 4.64. The predicted molar refractivity (Wildman–Crippen MR) is 54.6 cm³/mol. The molecule has 0 saturated heterocycles. The number of rotatable bonds is 4. The normalized spacial score (nSPS) is 12.8. The van der Waals surface area contributed by atoms with Crippen LogP contribution in [0, 0.1) is 6.92 Å². The summed E-state index contributed by atoms with van der Waals surface area (Å²) < 4.78 is 5.26. The maximum absolute atomic E-state index is 5.92. The van der Waals surface area contributed by atoms with E-state index in [9.17, 15) is 0 Å². The highest BCUT2D eigenvalue weighted by Crippen LogP contribution is 2.11. The van der Waals surface area contributed by atoms with Crippen LogP contribution >= 0.6 is 0 Å². The lowest BCUT2D eigenvalue weighted by atomic mass is 10.1. The standard InChI is InChI=1S/C11H17NO/c1-3-13-8-11(12)10-6-4-5-9(2)7-10/h4-7,11H,3,8,12H2,1-2H3. The van der Waals surface area contributed by atoms with E-state index in [1.54, 1.807) is 0 Å². The monoisotopic (exact) mass is 179 g/mol. The van der Waals surface area contributed by atoms with Gasteiger partial charge in [0.15, 0.2) is 0 Å². The fraction of sp³-hybridized carbons (Fsp3) is 0.455. The second kappa shape index (κ2) is 5.00. The van der Waals surface area contributed by atoms with Crippen LogP contribution in [0.25, 0.3) is 0 Å². The van der Waals surface area contributed by atoms with Crippen molar-refractivity contribution in [3.8, 4) is 0 Å². The van der Waals surface area contributed by atoms with Gasteiger partial charge in [0.05, 0.1) is 12.6 Å². The van der Waals surface area contributed by atoms with E-state index >= 15 is 0 Å². The van der Waals surface area contributed by atoms with Crippen molar-refractivity contribution < 1.29 is 4.74 Å². The molecule has 1 aromatic rings. The van der Waals surface area contributed by atoms with Crippen molar-refractivity contribution in [1.29, 1.82) is 0 Å². The first-order chi connectivity index (χ1) is 6.24. The topological polar surface area (TPSA) is 35.2 Å². The SMILES string of the molecule is CCOCC(N)c1cccc(C)c1. The number of aryl methyl sites for hydroxylation is 1. The molecule has 1 unspecified atom stereocenters. The lowest BCUT2D eigenvalue weighted by Gasteiger charge is -2.12. The molecule has 13 heavy (non-hydrogen) atoms. The van der Waals surface area contributed by atoms with Gasteiger partial charge in [-0.25, -0.2) is 0 Å². The second-order valence-electron chi connectivity index (χ2n) is 3.18. The van der Waals surface area contributed by atoms with Gasteiger partial charge in [-0.05, 0) is 19.4 Å². The van der Waals surface area contributed by atoms with Crippen molar-refractivity contribution in [3.05, 3.63) is 35.4 Å². The predicted octanol–water partition coefficient (Wildman–Crippen LogP) is 2.03. The fourth-order valence-corrected chi connectivity index (χ4v) is 1.24. The lowest BCUT2D eigenvalue weighted by Crippen LogP contribution is -2.17. The molecule has 2 nitrogen and oxygen atoms in total. The molecule has 2 N–H and O–H groups in total. The van der Waals surface area contributed by atoms with Crippen LogP contribution in [-0.4, -0.2) is 13.2 Å². The Morgan fingerprint density at radius 3 is 2.85 bits per heavy atom. The summed E-state index contributed by atoms with van der Waals surface area (Å²) in [6.45, 7) is 5.36. The van der Waals surface area contributed by atoms with E-state index in [-0.39, 0.29) is 6.04 Å². The Labute approximate surface area is 79.7 Å². The molecule has 0 saturated carbocycles.